The van der Waals surface area contributed by atoms with E-state index in [1.807, 2.05) is 44.2 Å². The minimum atomic E-state index is -0.994. The van der Waals surface area contributed by atoms with Gasteiger partial charge in [0.2, 0.25) is 23.6 Å². The predicted molar refractivity (Wildman–Crippen MR) is 126 cm³/mol. The number of hydrogen-bond acceptors (Lipinski definition) is 6. The summed E-state index contributed by atoms with van der Waals surface area (Å²) in [6.07, 6.45) is -1.13. The van der Waals surface area contributed by atoms with Crippen LogP contribution in [0.3, 0.4) is 0 Å². The quantitative estimate of drug-likeness (QED) is 0.439. The standard InChI is InChI=1S/C25H34N4O6/c1-14(2)8-18-24(34)28-12-16(30)11-21(28)23(33)27-19(9-15-6-4-3-5-7-15)25(35)29-13-17(31)10-20(29)22(32)26-18/h3-7,14,16-21,30-31H,8-13H2,1-2H3,(H,26,32)(H,27,33)/t16-,17-,18+,19+,20+,21+/m1/s1. The molecule has 10 nitrogen and oxygen atoms in total. The number of carbonyl (C=O) groups excluding carboxylic acids is 4. The predicted octanol–water partition coefficient (Wildman–Crippen LogP) is -0.818. The van der Waals surface area contributed by atoms with E-state index in [0.717, 1.165) is 5.56 Å². The van der Waals surface area contributed by atoms with E-state index in [9.17, 15) is 29.4 Å². The van der Waals surface area contributed by atoms with Gasteiger partial charge in [0.1, 0.15) is 24.2 Å². The molecular formula is C25H34N4O6. The Morgan fingerprint density at radius 1 is 0.829 bits per heavy atom. The lowest BCUT2D eigenvalue weighted by atomic mass is 10.00. The highest BCUT2D eigenvalue weighted by Gasteiger charge is 2.47. The van der Waals surface area contributed by atoms with Gasteiger partial charge >= 0.3 is 0 Å². The maximum Gasteiger partial charge on any atom is 0.246 e. The second-order valence-corrected chi connectivity index (χ2v) is 10.2. The average Bonchev–Trinajstić information content (AvgIpc) is 3.39. The van der Waals surface area contributed by atoms with Crippen molar-refractivity contribution in [2.75, 3.05) is 13.1 Å². The van der Waals surface area contributed by atoms with Gasteiger partial charge in [-0.3, -0.25) is 19.2 Å². The Bertz CT molecular complexity index is 970. The second-order valence-electron chi connectivity index (χ2n) is 10.2. The monoisotopic (exact) mass is 486 g/mol. The Morgan fingerprint density at radius 3 is 1.83 bits per heavy atom. The molecule has 0 spiro atoms. The van der Waals surface area contributed by atoms with Crippen LogP contribution in [0, 0.1) is 5.92 Å². The third-order valence-electron chi connectivity index (χ3n) is 6.95. The van der Waals surface area contributed by atoms with Crippen LogP contribution < -0.4 is 10.6 Å². The van der Waals surface area contributed by atoms with Gasteiger partial charge in [-0.25, -0.2) is 0 Å². The van der Waals surface area contributed by atoms with Crippen LogP contribution in [0.15, 0.2) is 30.3 Å². The summed E-state index contributed by atoms with van der Waals surface area (Å²) in [5, 5.41) is 26.2. The first kappa shape index (κ1) is 25.1. The van der Waals surface area contributed by atoms with E-state index in [-0.39, 0.29) is 38.3 Å². The number of benzene rings is 1. The van der Waals surface area contributed by atoms with Crippen molar-refractivity contribution < 1.29 is 29.4 Å². The van der Waals surface area contributed by atoms with Gasteiger partial charge in [-0.1, -0.05) is 44.2 Å². The third-order valence-corrected chi connectivity index (χ3v) is 6.95. The lowest BCUT2D eigenvalue weighted by Gasteiger charge is -2.34. The molecule has 3 saturated heterocycles. The molecule has 4 amide bonds. The molecule has 3 aliphatic heterocycles. The molecule has 3 aliphatic rings. The van der Waals surface area contributed by atoms with Crippen LogP contribution in [0.25, 0.3) is 0 Å². The van der Waals surface area contributed by atoms with E-state index < -0.39 is 60.0 Å². The molecule has 4 rings (SSSR count). The maximum atomic E-state index is 13.7. The molecule has 4 N–H and O–H groups in total. The molecule has 3 fully saturated rings. The van der Waals surface area contributed by atoms with Crippen LogP contribution in [-0.2, 0) is 25.6 Å². The first-order valence-corrected chi connectivity index (χ1v) is 12.3. The number of nitrogens with one attached hydrogen (secondary N) is 2. The summed E-state index contributed by atoms with van der Waals surface area (Å²) in [5.41, 5.74) is 0.815. The fourth-order valence-electron chi connectivity index (χ4n) is 5.29. The SMILES string of the molecule is CC(C)C[C@@H]1NC(=O)[C@@H]2C[C@@H](O)CN2C(=O)[C@H](Cc2ccccc2)NC(=O)[C@@H]2C[C@@H](O)CN2C1=O. The zero-order valence-corrected chi connectivity index (χ0v) is 20.1. The number of rotatable bonds is 4. The zero-order valence-electron chi connectivity index (χ0n) is 20.1. The van der Waals surface area contributed by atoms with Crippen molar-refractivity contribution in [3.63, 3.8) is 0 Å². The number of nitrogens with zero attached hydrogens (tertiary/aromatic N) is 2. The fourth-order valence-corrected chi connectivity index (χ4v) is 5.29. The molecule has 6 atom stereocenters. The largest absolute Gasteiger partial charge is 0.391 e. The van der Waals surface area contributed by atoms with E-state index in [2.05, 4.69) is 10.6 Å². The first-order valence-electron chi connectivity index (χ1n) is 12.3. The average molecular weight is 487 g/mol. The molecule has 0 unspecified atom stereocenters. The van der Waals surface area contributed by atoms with Crippen molar-refractivity contribution in [3.8, 4) is 0 Å². The Balaban J connectivity index is 1.71. The molecule has 0 aromatic heterocycles. The van der Waals surface area contributed by atoms with Crippen molar-refractivity contribution in [2.45, 2.75) is 75.9 Å². The number of aliphatic hydroxyl groups excluding tert-OH is 2. The maximum absolute atomic E-state index is 13.7. The van der Waals surface area contributed by atoms with Gasteiger partial charge in [0.15, 0.2) is 0 Å². The highest BCUT2D eigenvalue weighted by molar-refractivity contribution is 5.98. The van der Waals surface area contributed by atoms with E-state index in [1.54, 1.807) is 0 Å². The van der Waals surface area contributed by atoms with Crippen LogP contribution in [-0.4, -0.2) is 93.1 Å². The Morgan fingerprint density at radius 2 is 1.31 bits per heavy atom. The van der Waals surface area contributed by atoms with Crippen molar-refractivity contribution in [3.05, 3.63) is 35.9 Å². The van der Waals surface area contributed by atoms with Crippen molar-refractivity contribution in [1.29, 1.82) is 0 Å². The number of aliphatic hydroxyl groups is 2. The number of fused-ring (bicyclic) bond motifs is 2. The van der Waals surface area contributed by atoms with Gasteiger partial charge in [-0.2, -0.15) is 0 Å². The summed E-state index contributed by atoms with van der Waals surface area (Å²) in [4.78, 5) is 56.5. The Hall–Kier alpha value is -2.98. The molecular weight excluding hydrogens is 452 g/mol. The third kappa shape index (κ3) is 5.48. The van der Waals surface area contributed by atoms with Crippen LogP contribution in [0.2, 0.25) is 0 Å². The summed E-state index contributed by atoms with van der Waals surface area (Å²) in [6, 6.07) is 5.38. The van der Waals surface area contributed by atoms with Crippen LogP contribution >= 0.6 is 0 Å². The summed E-state index contributed by atoms with van der Waals surface area (Å²) in [5.74, 6) is -1.85. The molecule has 1 aromatic carbocycles. The van der Waals surface area contributed by atoms with Crippen molar-refractivity contribution in [1.82, 2.24) is 20.4 Å². The molecule has 35 heavy (non-hydrogen) atoms. The lowest BCUT2D eigenvalue weighted by Crippen LogP contribution is -2.61. The minimum Gasteiger partial charge on any atom is -0.391 e. The van der Waals surface area contributed by atoms with Crippen molar-refractivity contribution in [2.24, 2.45) is 5.92 Å². The summed E-state index contributed by atoms with van der Waals surface area (Å²) >= 11 is 0. The van der Waals surface area contributed by atoms with Gasteiger partial charge in [0.05, 0.1) is 12.2 Å². The molecule has 0 aliphatic carbocycles. The van der Waals surface area contributed by atoms with Crippen LogP contribution in [0.4, 0.5) is 0 Å². The molecule has 1 aromatic rings. The molecule has 0 saturated carbocycles. The summed E-state index contributed by atoms with van der Waals surface area (Å²) in [7, 11) is 0. The molecule has 3 heterocycles. The van der Waals surface area contributed by atoms with Gasteiger partial charge in [-0.15, -0.1) is 0 Å². The minimum absolute atomic E-state index is 0.0209. The normalized spacial score (nSPS) is 32.0. The lowest BCUT2D eigenvalue weighted by molar-refractivity contribution is -0.147. The van der Waals surface area contributed by atoms with Gasteiger partial charge in [0.25, 0.3) is 0 Å². The Labute approximate surface area is 204 Å². The van der Waals surface area contributed by atoms with Gasteiger partial charge in [-0.05, 0) is 17.9 Å². The first-order chi connectivity index (χ1) is 16.6. The highest BCUT2D eigenvalue weighted by Crippen LogP contribution is 2.25. The number of amides is 4. The second kappa shape index (κ2) is 10.3. The van der Waals surface area contributed by atoms with Crippen LogP contribution in [0.5, 0.6) is 0 Å². The van der Waals surface area contributed by atoms with Gasteiger partial charge < -0.3 is 30.6 Å². The van der Waals surface area contributed by atoms with Gasteiger partial charge in [0, 0.05) is 32.4 Å². The van der Waals surface area contributed by atoms with E-state index in [4.69, 9.17) is 0 Å². The molecule has 0 radical (unpaired) electrons. The van der Waals surface area contributed by atoms with E-state index in [0.29, 0.717) is 6.42 Å². The number of carbonyl (C=O) groups is 4. The summed E-state index contributed by atoms with van der Waals surface area (Å²) < 4.78 is 0. The molecule has 0 bridgehead atoms. The van der Waals surface area contributed by atoms with E-state index >= 15 is 0 Å². The number of hydrogen-bond donors (Lipinski definition) is 4. The summed E-state index contributed by atoms with van der Waals surface area (Å²) in [6.45, 7) is 3.78. The fraction of sp³-hybridized carbons (Fsp3) is 0.600. The topological polar surface area (TPSA) is 139 Å². The zero-order chi connectivity index (χ0) is 25.3. The Kier molecular flexibility index (Phi) is 7.42. The molecule has 10 heteroatoms. The smallest absolute Gasteiger partial charge is 0.246 e. The van der Waals surface area contributed by atoms with Crippen molar-refractivity contribution >= 4 is 23.6 Å². The molecule has 190 valence electrons. The van der Waals surface area contributed by atoms with E-state index in [1.165, 1.54) is 9.80 Å². The highest BCUT2D eigenvalue weighted by atomic mass is 16.3. The van der Waals surface area contributed by atoms with Crippen LogP contribution in [0.1, 0.15) is 38.7 Å².